The van der Waals surface area contributed by atoms with Crippen LogP contribution in [-0.4, -0.2) is 9.97 Å². The van der Waals surface area contributed by atoms with Gasteiger partial charge in [0.15, 0.2) is 0 Å². The van der Waals surface area contributed by atoms with Crippen LogP contribution in [-0.2, 0) is 0 Å². The summed E-state index contributed by atoms with van der Waals surface area (Å²) in [6, 6.07) is 0. The lowest BCUT2D eigenvalue weighted by atomic mass is 9.93. The van der Waals surface area contributed by atoms with Crippen molar-refractivity contribution in [1.82, 2.24) is 9.97 Å². The fraction of sp³-hybridized carbons (Fsp3) is 0.615. The Labute approximate surface area is 91.5 Å². The maximum atomic E-state index is 4.03. The van der Waals surface area contributed by atoms with Crippen molar-refractivity contribution in [3.63, 3.8) is 0 Å². The minimum Gasteiger partial charge on any atom is -0.348 e. The summed E-state index contributed by atoms with van der Waals surface area (Å²) in [6.45, 7) is 6.67. The summed E-state index contributed by atoms with van der Waals surface area (Å²) in [5, 5.41) is 0. The smallest absolute Gasteiger partial charge is 0.0921 e. The quantitative estimate of drug-likeness (QED) is 0.697. The van der Waals surface area contributed by atoms with Gasteiger partial charge in [-0.15, -0.1) is 5.92 Å². The minimum absolute atomic E-state index is 0.325. The zero-order chi connectivity index (χ0) is 10.9. The van der Waals surface area contributed by atoms with Gasteiger partial charge in [0.25, 0.3) is 0 Å². The molecule has 2 rings (SSSR count). The molecule has 1 aromatic heterocycles. The Morgan fingerprint density at radius 1 is 1.53 bits per heavy atom. The molecule has 1 N–H and O–H groups in total. The molecule has 1 fully saturated rings. The highest BCUT2D eigenvalue weighted by Gasteiger charge is 2.37. The molecule has 1 heterocycles. The van der Waals surface area contributed by atoms with E-state index in [2.05, 4.69) is 42.6 Å². The van der Waals surface area contributed by atoms with Crippen molar-refractivity contribution in [2.24, 2.45) is 11.3 Å². The molecule has 1 aliphatic rings. The first-order chi connectivity index (χ1) is 7.06. The van der Waals surface area contributed by atoms with Crippen molar-refractivity contribution in [2.75, 3.05) is 0 Å². The molecule has 2 heteroatoms. The molecule has 0 bridgehead atoms. The van der Waals surface area contributed by atoms with Gasteiger partial charge in [-0.25, -0.2) is 4.98 Å². The molecule has 0 spiro atoms. The summed E-state index contributed by atoms with van der Waals surface area (Å²) < 4.78 is 0. The van der Waals surface area contributed by atoms with E-state index < -0.39 is 0 Å². The molecule has 1 saturated carbocycles. The van der Waals surface area contributed by atoms with E-state index in [4.69, 9.17) is 0 Å². The number of hydrogen-bond acceptors (Lipinski definition) is 1. The Kier molecular flexibility index (Phi) is 2.56. The fourth-order valence-corrected chi connectivity index (χ4v) is 1.61. The molecule has 0 aromatic carbocycles. The second-order valence-corrected chi connectivity index (χ2v) is 5.51. The molecule has 1 aromatic rings. The zero-order valence-corrected chi connectivity index (χ0v) is 9.67. The molecule has 0 unspecified atom stereocenters. The van der Waals surface area contributed by atoms with Crippen molar-refractivity contribution < 1.29 is 0 Å². The lowest BCUT2D eigenvalue weighted by Gasteiger charge is -2.12. The van der Waals surface area contributed by atoms with Crippen LogP contribution >= 0.6 is 0 Å². The number of aromatic nitrogens is 2. The number of rotatable bonds is 1. The van der Waals surface area contributed by atoms with Crippen LogP contribution in [0.5, 0.6) is 0 Å². The topological polar surface area (TPSA) is 28.7 Å². The largest absolute Gasteiger partial charge is 0.348 e. The van der Waals surface area contributed by atoms with Gasteiger partial charge in [-0.2, -0.15) is 0 Å². The van der Waals surface area contributed by atoms with Crippen LogP contribution in [0.25, 0.3) is 0 Å². The minimum atomic E-state index is 0.325. The highest BCUT2D eigenvalue weighted by molar-refractivity contribution is 5.24. The number of H-pyrrole nitrogens is 1. The van der Waals surface area contributed by atoms with Gasteiger partial charge in [0.05, 0.1) is 6.33 Å². The van der Waals surface area contributed by atoms with E-state index >= 15 is 0 Å². The lowest BCUT2D eigenvalue weighted by Crippen LogP contribution is -2.02. The number of imidazole rings is 1. The second-order valence-electron chi connectivity index (χ2n) is 5.51. The third kappa shape index (κ3) is 2.86. The van der Waals surface area contributed by atoms with Gasteiger partial charge in [0.1, 0.15) is 0 Å². The Morgan fingerprint density at radius 2 is 2.33 bits per heavy atom. The first-order valence-electron chi connectivity index (χ1n) is 5.53. The second kappa shape index (κ2) is 3.73. The van der Waals surface area contributed by atoms with Gasteiger partial charge in [-0.3, -0.25) is 0 Å². The molecular formula is C13H18N2. The lowest BCUT2D eigenvalue weighted by molar-refractivity contribution is 0.427. The van der Waals surface area contributed by atoms with E-state index in [9.17, 15) is 0 Å². The number of nitrogens with one attached hydrogen (secondary N) is 1. The van der Waals surface area contributed by atoms with Crippen LogP contribution in [0, 0.1) is 23.2 Å². The molecule has 80 valence electrons. The maximum Gasteiger partial charge on any atom is 0.0921 e. The molecule has 2 nitrogen and oxygen atoms in total. The van der Waals surface area contributed by atoms with E-state index in [-0.39, 0.29) is 0 Å². The van der Waals surface area contributed by atoms with Crippen molar-refractivity contribution in [1.29, 1.82) is 0 Å². The average Bonchev–Trinajstić information content (AvgIpc) is 2.71. The summed E-state index contributed by atoms with van der Waals surface area (Å²) in [5.74, 6) is 7.82. The molecule has 0 saturated heterocycles. The third-order valence-electron chi connectivity index (χ3n) is 2.62. The normalized spacial score (nSPS) is 24.5. The fourth-order valence-electron chi connectivity index (χ4n) is 1.61. The molecule has 2 atom stereocenters. The van der Waals surface area contributed by atoms with Crippen LogP contribution in [0.4, 0.5) is 0 Å². The number of aromatic amines is 1. The molecule has 15 heavy (non-hydrogen) atoms. The van der Waals surface area contributed by atoms with Crippen molar-refractivity contribution in [3.8, 4) is 11.8 Å². The maximum absolute atomic E-state index is 4.03. The Hall–Kier alpha value is -1.23. The van der Waals surface area contributed by atoms with E-state index in [1.165, 1.54) is 12.1 Å². The van der Waals surface area contributed by atoms with E-state index in [0.717, 1.165) is 6.42 Å². The summed E-state index contributed by atoms with van der Waals surface area (Å²) in [6.07, 6.45) is 5.84. The zero-order valence-electron chi connectivity index (χ0n) is 9.67. The van der Waals surface area contributed by atoms with Crippen LogP contribution in [0.3, 0.4) is 0 Å². The Bertz CT molecular complexity index is 373. The summed E-state index contributed by atoms with van der Waals surface area (Å²) >= 11 is 0. The van der Waals surface area contributed by atoms with Crippen molar-refractivity contribution >= 4 is 0 Å². The molecule has 1 aliphatic carbocycles. The SMILES string of the molecule is CC(C)(C)CC#C[C@@H]1C[C@H]1c1cnc[nH]1. The number of nitrogens with zero attached hydrogens (tertiary/aromatic N) is 1. The molecule has 0 radical (unpaired) electrons. The predicted octanol–water partition coefficient (Wildman–Crippen LogP) is 2.95. The highest BCUT2D eigenvalue weighted by Crippen LogP contribution is 2.45. The first-order valence-corrected chi connectivity index (χ1v) is 5.53. The van der Waals surface area contributed by atoms with Gasteiger partial charge in [0.2, 0.25) is 0 Å². The summed E-state index contributed by atoms with van der Waals surface area (Å²) in [4.78, 5) is 7.19. The summed E-state index contributed by atoms with van der Waals surface area (Å²) in [5.41, 5.74) is 1.57. The standard InChI is InChI=1S/C13H18N2/c1-13(2,3)6-4-5-10-7-11(10)12-8-14-9-15-12/h8-11H,6-7H2,1-3H3,(H,14,15)/t10-,11-/m1/s1. The van der Waals surface area contributed by atoms with E-state index in [1.807, 2.05) is 6.20 Å². The Morgan fingerprint density at radius 3 is 2.93 bits per heavy atom. The van der Waals surface area contributed by atoms with Gasteiger partial charge >= 0.3 is 0 Å². The van der Waals surface area contributed by atoms with Crippen molar-refractivity contribution in [3.05, 3.63) is 18.2 Å². The molecule has 0 amide bonds. The predicted molar refractivity (Wildman–Crippen MR) is 61.3 cm³/mol. The third-order valence-corrected chi connectivity index (χ3v) is 2.62. The first kappa shape index (κ1) is 10.3. The molecular weight excluding hydrogens is 184 g/mol. The summed E-state index contributed by atoms with van der Waals surface area (Å²) in [7, 11) is 0. The van der Waals surface area contributed by atoms with Crippen LogP contribution in [0.1, 0.15) is 45.2 Å². The molecule has 0 aliphatic heterocycles. The van der Waals surface area contributed by atoms with Crippen LogP contribution < -0.4 is 0 Å². The van der Waals surface area contributed by atoms with Gasteiger partial charge in [0, 0.05) is 30.1 Å². The van der Waals surface area contributed by atoms with Crippen LogP contribution in [0.2, 0.25) is 0 Å². The van der Waals surface area contributed by atoms with Crippen LogP contribution in [0.15, 0.2) is 12.5 Å². The van der Waals surface area contributed by atoms with E-state index in [0.29, 0.717) is 17.3 Å². The van der Waals surface area contributed by atoms with Gasteiger partial charge in [-0.1, -0.05) is 26.7 Å². The van der Waals surface area contributed by atoms with E-state index in [1.54, 1.807) is 6.33 Å². The average molecular weight is 202 g/mol. The highest BCUT2D eigenvalue weighted by atomic mass is 14.9. The Balaban J connectivity index is 1.85. The monoisotopic (exact) mass is 202 g/mol. The van der Waals surface area contributed by atoms with Crippen molar-refractivity contribution in [2.45, 2.75) is 39.5 Å². The van der Waals surface area contributed by atoms with Gasteiger partial charge < -0.3 is 4.98 Å². The number of hydrogen-bond donors (Lipinski definition) is 1. The van der Waals surface area contributed by atoms with Gasteiger partial charge in [-0.05, 0) is 11.8 Å².